The van der Waals surface area contributed by atoms with Crippen LogP contribution in [0.4, 0.5) is 4.79 Å². The number of carbonyl (C=O) groups excluding carboxylic acids is 1. The molecule has 0 aromatic rings. The maximum Gasteiger partial charge on any atom is 0.323 e. The van der Waals surface area contributed by atoms with Crippen molar-refractivity contribution < 1.29 is 14.7 Å². The molecule has 1 fully saturated rings. The third-order valence-corrected chi connectivity index (χ3v) is 3.72. The highest BCUT2D eigenvalue weighted by atomic mass is 16.4. The van der Waals surface area contributed by atoms with Crippen molar-refractivity contribution in [1.29, 1.82) is 0 Å². The molecule has 20 heavy (non-hydrogen) atoms. The van der Waals surface area contributed by atoms with Crippen molar-refractivity contribution in [2.45, 2.75) is 32.7 Å². The Hall–Kier alpha value is -1.30. The van der Waals surface area contributed by atoms with Crippen molar-refractivity contribution in [3.63, 3.8) is 0 Å². The van der Waals surface area contributed by atoms with Gasteiger partial charge in [-0.2, -0.15) is 0 Å². The second-order valence-electron chi connectivity index (χ2n) is 6.10. The topological polar surface area (TPSA) is 64.1 Å². The van der Waals surface area contributed by atoms with Crippen molar-refractivity contribution in [3.05, 3.63) is 0 Å². The molecule has 1 heterocycles. The van der Waals surface area contributed by atoms with Gasteiger partial charge in [-0.05, 0) is 38.9 Å². The first kappa shape index (κ1) is 16.8. The van der Waals surface area contributed by atoms with Crippen molar-refractivity contribution in [2.24, 2.45) is 5.92 Å². The number of hydrogen-bond donors (Lipinski definition) is 1. The molecule has 0 aromatic heterocycles. The van der Waals surface area contributed by atoms with E-state index < -0.39 is 5.97 Å². The van der Waals surface area contributed by atoms with Gasteiger partial charge in [-0.3, -0.25) is 4.79 Å². The number of carboxylic acids is 1. The zero-order valence-corrected chi connectivity index (χ0v) is 13.0. The Morgan fingerprint density at radius 1 is 1.30 bits per heavy atom. The van der Waals surface area contributed by atoms with Gasteiger partial charge in [-0.25, -0.2) is 4.79 Å². The molecule has 1 N–H and O–H groups in total. The van der Waals surface area contributed by atoms with E-state index in [0.29, 0.717) is 6.54 Å². The average Bonchev–Trinajstić information content (AvgIpc) is 2.36. The lowest BCUT2D eigenvalue weighted by Gasteiger charge is -2.37. The summed E-state index contributed by atoms with van der Waals surface area (Å²) in [6.45, 7) is 6.17. The van der Waals surface area contributed by atoms with Crippen LogP contribution in [0.5, 0.6) is 0 Å². The summed E-state index contributed by atoms with van der Waals surface area (Å²) >= 11 is 0. The van der Waals surface area contributed by atoms with Crippen molar-refractivity contribution in [2.75, 3.05) is 40.3 Å². The number of urea groups is 1. The maximum atomic E-state index is 12.5. The second-order valence-corrected chi connectivity index (χ2v) is 6.10. The van der Waals surface area contributed by atoms with Gasteiger partial charge in [-0.15, -0.1) is 0 Å². The fourth-order valence-corrected chi connectivity index (χ4v) is 2.58. The van der Waals surface area contributed by atoms with Gasteiger partial charge < -0.3 is 19.8 Å². The van der Waals surface area contributed by atoms with E-state index in [0.717, 1.165) is 25.9 Å². The lowest BCUT2D eigenvalue weighted by atomic mass is 10.0. The number of piperidine rings is 1. The highest BCUT2D eigenvalue weighted by Gasteiger charge is 2.28. The number of nitrogens with zero attached hydrogens (tertiary/aromatic N) is 3. The number of carboxylic acid groups (broad SMARTS) is 1. The Kier molecular flexibility index (Phi) is 6.26. The van der Waals surface area contributed by atoms with Crippen LogP contribution in [0, 0.1) is 5.92 Å². The minimum Gasteiger partial charge on any atom is -0.480 e. The monoisotopic (exact) mass is 285 g/mol. The lowest BCUT2D eigenvalue weighted by Crippen LogP contribution is -2.51. The SMILES string of the molecule is CC(C)CN(CC(=O)O)C(=O)N(C)C1CCN(C)CC1. The van der Waals surface area contributed by atoms with Crippen molar-refractivity contribution in [1.82, 2.24) is 14.7 Å². The largest absolute Gasteiger partial charge is 0.480 e. The predicted molar refractivity (Wildman–Crippen MR) is 77.7 cm³/mol. The quantitative estimate of drug-likeness (QED) is 0.823. The third kappa shape index (κ3) is 5.00. The van der Waals surface area contributed by atoms with E-state index in [2.05, 4.69) is 11.9 Å². The van der Waals surface area contributed by atoms with E-state index in [9.17, 15) is 9.59 Å². The van der Waals surface area contributed by atoms with Gasteiger partial charge in [0, 0.05) is 19.6 Å². The summed E-state index contributed by atoms with van der Waals surface area (Å²) in [7, 11) is 3.86. The maximum absolute atomic E-state index is 12.5. The van der Waals surface area contributed by atoms with Crippen molar-refractivity contribution >= 4 is 12.0 Å². The molecule has 0 spiro atoms. The molecule has 1 aliphatic heterocycles. The summed E-state index contributed by atoms with van der Waals surface area (Å²) in [5.41, 5.74) is 0. The molecule has 6 nitrogen and oxygen atoms in total. The fourth-order valence-electron chi connectivity index (χ4n) is 2.58. The van der Waals surface area contributed by atoms with Gasteiger partial charge in [0.05, 0.1) is 0 Å². The van der Waals surface area contributed by atoms with Crippen LogP contribution in [-0.4, -0.2) is 78.1 Å². The first-order chi connectivity index (χ1) is 9.31. The van der Waals surface area contributed by atoms with Crippen LogP contribution < -0.4 is 0 Å². The second kappa shape index (κ2) is 7.47. The van der Waals surface area contributed by atoms with Crippen molar-refractivity contribution in [3.8, 4) is 0 Å². The summed E-state index contributed by atoms with van der Waals surface area (Å²) < 4.78 is 0. The lowest BCUT2D eigenvalue weighted by molar-refractivity contribution is -0.137. The summed E-state index contributed by atoms with van der Waals surface area (Å²) in [5, 5.41) is 8.95. The standard InChI is InChI=1S/C14H27N3O3/c1-11(2)9-17(10-13(18)19)14(20)16(4)12-5-7-15(3)8-6-12/h11-12H,5-10H2,1-4H3,(H,18,19). The molecule has 0 bridgehead atoms. The van der Waals surface area contributed by atoms with Gasteiger partial charge in [0.1, 0.15) is 6.54 Å². The van der Waals surface area contributed by atoms with Gasteiger partial charge >= 0.3 is 12.0 Å². The van der Waals surface area contributed by atoms with Crippen LogP contribution in [0.2, 0.25) is 0 Å². The Morgan fingerprint density at radius 2 is 1.85 bits per heavy atom. The molecular weight excluding hydrogens is 258 g/mol. The zero-order valence-electron chi connectivity index (χ0n) is 13.0. The van der Waals surface area contributed by atoms with Gasteiger partial charge in [0.15, 0.2) is 0 Å². The number of aliphatic carboxylic acids is 1. The molecular formula is C14H27N3O3. The molecule has 0 atom stereocenters. The number of likely N-dealkylation sites (tertiary alicyclic amines) is 1. The van der Waals surface area contributed by atoms with Crippen LogP contribution >= 0.6 is 0 Å². The van der Waals surface area contributed by atoms with Crippen LogP contribution in [-0.2, 0) is 4.79 Å². The number of amides is 2. The van der Waals surface area contributed by atoms with Crippen LogP contribution in [0.3, 0.4) is 0 Å². The normalized spacial score (nSPS) is 17.2. The van der Waals surface area contributed by atoms with Gasteiger partial charge in [0.25, 0.3) is 0 Å². The summed E-state index contributed by atoms with van der Waals surface area (Å²) in [5.74, 6) is -0.708. The number of rotatable bonds is 5. The Bertz CT molecular complexity index is 339. The van der Waals surface area contributed by atoms with E-state index in [1.807, 2.05) is 13.8 Å². The van der Waals surface area contributed by atoms with E-state index >= 15 is 0 Å². The molecule has 6 heteroatoms. The number of carbonyl (C=O) groups is 2. The van der Waals surface area contributed by atoms with Gasteiger partial charge in [0.2, 0.25) is 0 Å². The zero-order chi connectivity index (χ0) is 15.3. The molecule has 1 aliphatic rings. The molecule has 116 valence electrons. The molecule has 1 rings (SSSR count). The van der Waals surface area contributed by atoms with E-state index in [-0.39, 0.29) is 24.5 Å². The van der Waals surface area contributed by atoms with E-state index in [1.54, 1.807) is 11.9 Å². The van der Waals surface area contributed by atoms with Crippen LogP contribution in [0.15, 0.2) is 0 Å². The highest BCUT2D eigenvalue weighted by Crippen LogP contribution is 2.16. The van der Waals surface area contributed by atoms with E-state index in [4.69, 9.17) is 5.11 Å². The summed E-state index contributed by atoms with van der Waals surface area (Å²) in [4.78, 5) is 28.8. The smallest absolute Gasteiger partial charge is 0.323 e. The third-order valence-electron chi connectivity index (χ3n) is 3.72. The highest BCUT2D eigenvalue weighted by molar-refractivity contribution is 5.80. The molecule has 1 saturated heterocycles. The molecule has 0 saturated carbocycles. The Morgan fingerprint density at radius 3 is 2.30 bits per heavy atom. The molecule has 2 amide bonds. The summed E-state index contributed by atoms with van der Waals surface area (Å²) in [6, 6.07) is 0.0396. The fraction of sp³-hybridized carbons (Fsp3) is 0.857. The number of hydrogen-bond acceptors (Lipinski definition) is 3. The van der Waals surface area contributed by atoms with E-state index in [1.165, 1.54) is 4.90 Å². The minimum atomic E-state index is -0.962. The van der Waals surface area contributed by atoms with Crippen LogP contribution in [0.25, 0.3) is 0 Å². The molecule has 0 radical (unpaired) electrons. The van der Waals surface area contributed by atoms with Gasteiger partial charge in [-0.1, -0.05) is 13.8 Å². The molecule has 0 aromatic carbocycles. The average molecular weight is 285 g/mol. The first-order valence-electron chi connectivity index (χ1n) is 7.23. The Balaban J connectivity index is 2.64. The minimum absolute atomic E-state index is 0.171. The molecule has 0 unspecified atom stereocenters. The Labute approximate surface area is 121 Å². The predicted octanol–water partition coefficient (Wildman–Crippen LogP) is 1.17. The summed E-state index contributed by atoms with van der Waals surface area (Å²) in [6.07, 6.45) is 1.89. The first-order valence-corrected chi connectivity index (χ1v) is 7.23. The molecule has 0 aliphatic carbocycles. The van der Waals surface area contributed by atoms with Crippen LogP contribution in [0.1, 0.15) is 26.7 Å².